The van der Waals surface area contributed by atoms with Crippen LogP contribution in [0, 0.1) is 6.92 Å². The van der Waals surface area contributed by atoms with Crippen LogP contribution in [0.2, 0.25) is 0 Å². The van der Waals surface area contributed by atoms with Gasteiger partial charge in [0.15, 0.2) is 0 Å². The molecular formula is C14H17ClN2. The zero-order valence-electron chi connectivity index (χ0n) is 10.3. The van der Waals surface area contributed by atoms with Crippen molar-refractivity contribution in [3.8, 4) is 0 Å². The summed E-state index contributed by atoms with van der Waals surface area (Å²) in [6, 6.07) is 8.56. The SMILES string of the molecule is CCc1c(CCl)cnn1Cc1ccc(C)cc1. The summed E-state index contributed by atoms with van der Waals surface area (Å²) in [4.78, 5) is 0. The van der Waals surface area contributed by atoms with Crippen molar-refractivity contribution in [2.24, 2.45) is 0 Å². The summed E-state index contributed by atoms with van der Waals surface area (Å²) < 4.78 is 2.04. The largest absolute Gasteiger partial charge is 0.265 e. The van der Waals surface area contributed by atoms with Crippen LogP contribution < -0.4 is 0 Å². The van der Waals surface area contributed by atoms with E-state index in [9.17, 15) is 0 Å². The maximum absolute atomic E-state index is 5.89. The summed E-state index contributed by atoms with van der Waals surface area (Å²) in [5.74, 6) is 0.539. The molecule has 0 N–H and O–H groups in total. The average Bonchev–Trinajstić information content (AvgIpc) is 2.74. The molecule has 0 aliphatic heterocycles. The first kappa shape index (κ1) is 12.2. The van der Waals surface area contributed by atoms with Gasteiger partial charge >= 0.3 is 0 Å². The molecule has 2 aromatic rings. The third-order valence-corrected chi connectivity index (χ3v) is 3.25. The minimum absolute atomic E-state index is 0.539. The topological polar surface area (TPSA) is 17.8 Å². The van der Waals surface area contributed by atoms with Crippen molar-refractivity contribution in [2.75, 3.05) is 0 Å². The molecule has 1 aromatic heterocycles. The number of halogens is 1. The van der Waals surface area contributed by atoms with Gasteiger partial charge in [0.25, 0.3) is 0 Å². The third-order valence-electron chi connectivity index (χ3n) is 2.97. The van der Waals surface area contributed by atoms with Crippen LogP contribution in [-0.2, 0) is 18.8 Å². The quantitative estimate of drug-likeness (QED) is 0.757. The Hall–Kier alpha value is -1.28. The summed E-state index contributed by atoms with van der Waals surface area (Å²) in [5, 5.41) is 4.41. The Morgan fingerprint density at radius 1 is 1.24 bits per heavy atom. The molecule has 0 spiro atoms. The van der Waals surface area contributed by atoms with Crippen molar-refractivity contribution < 1.29 is 0 Å². The monoisotopic (exact) mass is 248 g/mol. The van der Waals surface area contributed by atoms with E-state index in [1.807, 2.05) is 10.9 Å². The van der Waals surface area contributed by atoms with Gasteiger partial charge in [0.1, 0.15) is 0 Å². The number of hydrogen-bond donors (Lipinski definition) is 0. The van der Waals surface area contributed by atoms with Gasteiger partial charge in [-0.25, -0.2) is 0 Å². The van der Waals surface area contributed by atoms with E-state index in [-0.39, 0.29) is 0 Å². The highest BCUT2D eigenvalue weighted by molar-refractivity contribution is 6.17. The van der Waals surface area contributed by atoms with Gasteiger partial charge in [-0.3, -0.25) is 4.68 Å². The summed E-state index contributed by atoms with van der Waals surface area (Å²) >= 11 is 5.89. The summed E-state index contributed by atoms with van der Waals surface area (Å²) in [6.07, 6.45) is 2.84. The van der Waals surface area contributed by atoms with Gasteiger partial charge in [0.2, 0.25) is 0 Å². The molecule has 2 nitrogen and oxygen atoms in total. The molecule has 0 aliphatic rings. The molecule has 0 saturated heterocycles. The smallest absolute Gasteiger partial charge is 0.0662 e. The molecular weight excluding hydrogens is 232 g/mol. The van der Waals surface area contributed by atoms with Crippen molar-refractivity contribution in [3.05, 3.63) is 52.8 Å². The first-order valence-electron chi connectivity index (χ1n) is 5.89. The number of alkyl halides is 1. The van der Waals surface area contributed by atoms with E-state index in [2.05, 4.69) is 43.2 Å². The van der Waals surface area contributed by atoms with Crippen molar-refractivity contribution in [3.63, 3.8) is 0 Å². The second-order valence-electron chi connectivity index (χ2n) is 4.25. The number of nitrogens with zero attached hydrogens (tertiary/aromatic N) is 2. The highest BCUT2D eigenvalue weighted by atomic mass is 35.5. The Kier molecular flexibility index (Phi) is 3.85. The molecule has 0 radical (unpaired) electrons. The van der Waals surface area contributed by atoms with E-state index in [4.69, 9.17) is 11.6 Å². The van der Waals surface area contributed by atoms with Crippen LogP contribution in [0.3, 0.4) is 0 Å². The lowest BCUT2D eigenvalue weighted by molar-refractivity contribution is 0.648. The van der Waals surface area contributed by atoms with Crippen LogP contribution in [0.25, 0.3) is 0 Å². The zero-order chi connectivity index (χ0) is 12.3. The molecule has 17 heavy (non-hydrogen) atoms. The van der Waals surface area contributed by atoms with Gasteiger partial charge in [-0.15, -0.1) is 11.6 Å². The lowest BCUT2D eigenvalue weighted by Crippen LogP contribution is -2.06. The highest BCUT2D eigenvalue weighted by Crippen LogP contribution is 2.14. The molecule has 0 fully saturated rings. The van der Waals surface area contributed by atoms with Crippen LogP contribution in [-0.4, -0.2) is 9.78 Å². The van der Waals surface area contributed by atoms with Crippen LogP contribution >= 0.6 is 11.6 Å². The molecule has 0 bridgehead atoms. The minimum atomic E-state index is 0.539. The first-order valence-corrected chi connectivity index (χ1v) is 6.43. The summed E-state index contributed by atoms with van der Waals surface area (Å²) in [7, 11) is 0. The van der Waals surface area contributed by atoms with E-state index in [0.717, 1.165) is 18.5 Å². The van der Waals surface area contributed by atoms with Crippen LogP contribution in [0.5, 0.6) is 0 Å². The molecule has 1 heterocycles. The zero-order valence-corrected chi connectivity index (χ0v) is 11.0. The molecule has 1 aromatic carbocycles. The Bertz CT molecular complexity index is 485. The molecule has 90 valence electrons. The molecule has 0 atom stereocenters. The summed E-state index contributed by atoms with van der Waals surface area (Å²) in [6.45, 7) is 5.06. The van der Waals surface area contributed by atoms with Crippen LogP contribution in [0.4, 0.5) is 0 Å². The number of aromatic nitrogens is 2. The van der Waals surface area contributed by atoms with Gasteiger partial charge in [-0.2, -0.15) is 5.10 Å². The normalized spacial score (nSPS) is 10.8. The first-order chi connectivity index (χ1) is 8.24. The van der Waals surface area contributed by atoms with E-state index < -0.39 is 0 Å². The van der Waals surface area contributed by atoms with Gasteiger partial charge in [-0.05, 0) is 18.9 Å². The Morgan fingerprint density at radius 2 is 1.94 bits per heavy atom. The molecule has 0 amide bonds. The number of benzene rings is 1. The molecule has 0 saturated carbocycles. The maximum Gasteiger partial charge on any atom is 0.0662 e. The Balaban J connectivity index is 2.23. The number of hydrogen-bond acceptors (Lipinski definition) is 1. The standard InChI is InChI=1S/C14H17ClN2/c1-3-14-13(8-15)9-16-17(14)10-12-6-4-11(2)5-7-12/h4-7,9H,3,8,10H2,1-2H3. The van der Waals surface area contributed by atoms with E-state index >= 15 is 0 Å². The Morgan fingerprint density at radius 3 is 2.53 bits per heavy atom. The van der Waals surface area contributed by atoms with Gasteiger partial charge in [0.05, 0.1) is 18.6 Å². The maximum atomic E-state index is 5.89. The predicted octanol–water partition coefficient (Wildman–Crippen LogP) is 3.54. The average molecular weight is 249 g/mol. The van der Waals surface area contributed by atoms with Crippen LogP contribution in [0.1, 0.15) is 29.3 Å². The highest BCUT2D eigenvalue weighted by Gasteiger charge is 2.08. The molecule has 0 aliphatic carbocycles. The lowest BCUT2D eigenvalue weighted by Gasteiger charge is -2.07. The minimum Gasteiger partial charge on any atom is -0.265 e. The number of aryl methyl sites for hydroxylation is 1. The second kappa shape index (κ2) is 5.37. The lowest BCUT2D eigenvalue weighted by atomic mass is 10.1. The fraction of sp³-hybridized carbons (Fsp3) is 0.357. The van der Waals surface area contributed by atoms with Crippen molar-refractivity contribution >= 4 is 11.6 Å². The van der Waals surface area contributed by atoms with E-state index in [1.54, 1.807) is 0 Å². The van der Waals surface area contributed by atoms with Gasteiger partial charge in [0, 0.05) is 11.3 Å². The van der Waals surface area contributed by atoms with Crippen molar-refractivity contribution in [2.45, 2.75) is 32.7 Å². The van der Waals surface area contributed by atoms with E-state index in [1.165, 1.54) is 16.8 Å². The third kappa shape index (κ3) is 2.70. The fourth-order valence-electron chi connectivity index (χ4n) is 1.97. The number of rotatable bonds is 4. The predicted molar refractivity (Wildman–Crippen MR) is 71.4 cm³/mol. The van der Waals surface area contributed by atoms with Gasteiger partial charge in [-0.1, -0.05) is 36.8 Å². The van der Waals surface area contributed by atoms with Crippen LogP contribution in [0.15, 0.2) is 30.5 Å². The second-order valence-corrected chi connectivity index (χ2v) is 4.51. The summed E-state index contributed by atoms with van der Waals surface area (Å²) in [5.41, 5.74) is 4.93. The fourth-order valence-corrected chi connectivity index (χ4v) is 2.20. The Labute approximate surface area is 107 Å². The van der Waals surface area contributed by atoms with Crippen molar-refractivity contribution in [1.82, 2.24) is 9.78 Å². The van der Waals surface area contributed by atoms with Gasteiger partial charge < -0.3 is 0 Å². The molecule has 3 heteroatoms. The van der Waals surface area contributed by atoms with Crippen molar-refractivity contribution in [1.29, 1.82) is 0 Å². The molecule has 2 rings (SSSR count). The van der Waals surface area contributed by atoms with E-state index in [0.29, 0.717) is 5.88 Å². The molecule has 0 unspecified atom stereocenters.